The second-order valence-corrected chi connectivity index (χ2v) is 8.93. The maximum Gasteiger partial charge on any atom is 0.228 e. The molecular formula is C18H27N3O2S. The molecule has 3 heterocycles. The summed E-state index contributed by atoms with van der Waals surface area (Å²) < 4.78 is 0. The molecule has 24 heavy (non-hydrogen) atoms. The van der Waals surface area contributed by atoms with Gasteiger partial charge in [-0.3, -0.25) is 9.59 Å². The summed E-state index contributed by atoms with van der Waals surface area (Å²) in [5.41, 5.74) is 1.12. The van der Waals surface area contributed by atoms with E-state index in [1.165, 1.54) is 0 Å². The summed E-state index contributed by atoms with van der Waals surface area (Å²) in [4.78, 5) is 33.3. The molecule has 0 bridgehead atoms. The van der Waals surface area contributed by atoms with Crippen molar-refractivity contribution in [2.75, 3.05) is 20.1 Å². The number of carbonyl (C=O) groups is 2. The smallest absolute Gasteiger partial charge is 0.228 e. The maximum absolute atomic E-state index is 13.0. The van der Waals surface area contributed by atoms with Crippen LogP contribution in [0, 0.1) is 5.92 Å². The van der Waals surface area contributed by atoms with Gasteiger partial charge in [-0.2, -0.15) is 0 Å². The molecule has 2 fully saturated rings. The van der Waals surface area contributed by atoms with Gasteiger partial charge < -0.3 is 9.80 Å². The van der Waals surface area contributed by atoms with Crippen molar-refractivity contribution < 1.29 is 9.59 Å². The van der Waals surface area contributed by atoms with Crippen LogP contribution in [-0.2, 0) is 15.0 Å². The molecule has 5 nitrogen and oxygen atoms in total. The van der Waals surface area contributed by atoms with Crippen LogP contribution in [0.25, 0.3) is 0 Å². The molecule has 0 unspecified atom stereocenters. The number of likely N-dealkylation sites (tertiary alicyclic amines) is 2. The van der Waals surface area contributed by atoms with Crippen molar-refractivity contribution in [1.29, 1.82) is 0 Å². The summed E-state index contributed by atoms with van der Waals surface area (Å²) in [5, 5.41) is 3.17. The molecule has 1 aromatic rings. The van der Waals surface area contributed by atoms with Crippen LogP contribution in [0.5, 0.6) is 0 Å². The molecule has 2 saturated heterocycles. The molecule has 0 spiro atoms. The van der Waals surface area contributed by atoms with E-state index in [1.54, 1.807) is 23.3 Å². The quantitative estimate of drug-likeness (QED) is 0.825. The summed E-state index contributed by atoms with van der Waals surface area (Å²) in [6.45, 7) is 7.81. The Balaban J connectivity index is 1.80. The van der Waals surface area contributed by atoms with Crippen LogP contribution >= 0.6 is 11.3 Å². The minimum atomic E-state index is -0.190. The number of hydrogen-bond acceptors (Lipinski definition) is 4. The third kappa shape index (κ3) is 3.34. The number of piperidine rings is 1. The van der Waals surface area contributed by atoms with Crippen LogP contribution in [0.2, 0.25) is 0 Å². The van der Waals surface area contributed by atoms with Gasteiger partial charge in [0.15, 0.2) is 0 Å². The lowest BCUT2D eigenvalue weighted by molar-refractivity contribution is -0.139. The first-order valence-electron chi connectivity index (χ1n) is 8.77. The monoisotopic (exact) mass is 349 g/mol. The van der Waals surface area contributed by atoms with Gasteiger partial charge in [0.25, 0.3) is 0 Å². The highest BCUT2D eigenvalue weighted by molar-refractivity contribution is 7.09. The first kappa shape index (κ1) is 17.4. The van der Waals surface area contributed by atoms with Crippen LogP contribution in [0.15, 0.2) is 5.38 Å². The number of hydrogen-bond donors (Lipinski definition) is 0. The zero-order valence-corrected chi connectivity index (χ0v) is 15.9. The van der Waals surface area contributed by atoms with Gasteiger partial charge in [0, 0.05) is 37.4 Å². The summed E-state index contributed by atoms with van der Waals surface area (Å²) in [5.74, 6) is 0.0150. The van der Waals surface area contributed by atoms with Gasteiger partial charge in [-0.05, 0) is 19.3 Å². The molecular weight excluding hydrogens is 322 g/mol. The fraction of sp³-hybridized carbons (Fsp3) is 0.722. The Labute approximate surface area is 148 Å². The largest absolute Gasteiger partial charge is 0.345 e. The molecule has 2 atom stereocenters. The van der Waals surface area contributed by atoms with E-state index < -0.39 is 0 Å². The molecule has 2 amide bonds. The van der Waals surface area contributed by atoms with Crippen LogP contribution in [0.3, 0.4) is 0 Å². The Kier molecular flexibility index (Phi) is 4.69. The minimum Gasteiger partial charge on any atom is -0.345 e. The van der Waals surface area contributed by atoms with Gasteiger partial charge in [0.1, 0.15) is 5.01 Å². The van der Waals surface area contributed by atoms with E-state index in [0.717, 1.165) is 36.5 Å². The minimum absolute atomic E-state index is 0.0266. The van der Waals surface area contributed by atoms with Gasteiger partial charge in [-0.15, -0.1) is 11.3 Å². The number of aromatic nitrogens is 1. The van der Waals surface area contributed by atoms with Gasteiger partial charge in [-0.1, -0.05) is 20.8 Å². The summed E-state index contributed by atoms with van der Waals surface area (Å²) in [6.07, 6.45) is 3.49. The fourth-order valence-electron chi connectivity index (χ4n) is 3.50. The summed E-state index contributed by atoms with van der Waals surface area (Å²) in [7, 11) is 1.78. The average Bonchev–Trinajstić information content (AvgIpc) is 3.14. The molecule has 0 N–H and O–H groups in total. The van der Waals surface area contributed by atoms with E-state index >= 15 is 0 Å². The second kappa shape index (κ2) is 6.47. The van der Waals surface area contributed by atoms with Crippen molar-refractivity contribution >= 4 is 23.2 Å². The van der Waals surface area contributed by atoms with Crippen molar-refractivity contribution in [3.63, 3.8) is 0 Å². The first-order valence-corrected chi connectivity index (χ1v) is 9.65. The van der Waals surface area contributed by atoms with E-state index in [-0.39, 0.29) is 29.2 Å². The summed E-state index contributed by atoms with van der Waals surface area (Å²) >= 11 is 1.67. The number of nitrogens with zero attached hydrogens (tertiary/aromatic N) is 3. The SMILES string of the molecule is CN1C[C@@H](C(=O)N2CCCC[C@@H]2c2nc(C(C)(C)C)cs2)CC1=O. The van der Waals surface area contributed by atoms with Crippen LogP contribution < -0.4 is 0 Å². The highest BCUT2D eigenvalue weighted by Gasteiger charge is 2.39. The van der Waals surface area contributed by atoms with E-state index in [0.29, 0.717) is 13.0 Å². The third-order valence-corrected chi connectivity index (χ3v) is 6.00. The molecule has 132 valence electrons. The van der Waals surface area contributed by atoms with E-state index in [9.17, 15) is 9.59 Å². The Morgan fingerprint density at radius 3 is 2.67 bits per heavy atom. The van der Waals surface area contributed by atoms with Crippen LogP contribution in [0.4, 0.5) is 0 Å². The van der Waals surface area contributed by atoms with Crippen molar-refractivity contribution in [1.82, 2.24) is 14.8 Å². The van der Waals surface area contributed by atoms with Gasteiger partial charge in [-0.25, -0.2) is 4.98 Å². The molecule has 2 aliphatic rings. The predicted octanol–water partition coefficient (Wildman–Crippen LogP) is 2.97. The maximum atomic E-state index is 13.0. The lowest BCUT2D eigenvalue weighted by Gasteiger charge is -2.36. The Morgan fingerprint density at radius 1 is 1.33 bits per heavy atom. The zero-order valence-electron chi connectivity index (χ0n) is 15.0. The zero-order chi connectivity index (χ0) is 17.5. The van der Waals surface area contributed by atoms with E-state index in [4.69, 9.17) is 4.98 Å². The average molecular weight is 350 g/mol. The fourth-order valence-corrected chi connectivity index (χ4v) is 4.69. The van der Waals surface area contributed by atoms with Crippen LogP contribution in [-0.4, -0.2) is 46.7 Å². The second-order valence-electron chi connectivity index (χ2n) is 8.04. The van der Waals surface area contributed by atoms with Crippen molar-refractivity contribution in [3.8, 4) is 0 Å². The normalized spacial score (nSPS) is 25.4. The molecule has 0 aromatic carbocycles. The molecule has 3 rings (SSSR count). The molecule has 1 aromatic heterocycles. The van der Waals surface area contributed by atoms with E-state index in [2.05, 4.69) is 26.2 Å². The topological polar surface area (TPSA) is 53.5 Å². The summed E-state index contributed by atoms with van der Waals surface area (Å²) in [6, 6.07) is 0.0772. The van der Waals surface area contributed by atoms with Gasteiger partial charge >= 0.3 is 0 Å². The van der Waals surface area contributed by atoms with Gasteiger partial charge in [0.05, 0.1) is 17.7 Å². The number of carbonyl (C=O) groups excluding carboxylic acids is 2. The van der Waals surface area contributed by atoms with Crippen molar-refractivity contribution in [3.05, 3.63) is 16.1 Å². The number of amides is 2. The molecule has 2 aliphatic heterocycles. The third-order valence-electron chi connectivity index (χ3n) is 5.05. The lowest BCUT2D eigenvalue weighted by atomic mass is 9.93. The standard InChI is InChI=1S/C18H27N3O2S/c1-18(2,3)14-11-24-16(19-14)13-7-5-6-8-21(13)17(23)12-9-15(22)20(4)10-12/h11-13H,5-10H2,1-4H3/t12-,13+/m0/s1. The Hall–Kier alpha value is -1.43. The molecule has 0 aliphatic carbocycles. The Morgan fingerprint density at radius 2 is 2.08 bits per heavy atom. The van der Waals surface area contributed by atoms with Crippen molar-refractivity contribution in [2.45, 2.75) is 57.9 Å². The molecule has 0 saturated carbocycles. The number of rotatable bonds is 2. The Bertz CT molecular complexity index is 634. The molecule has 6 heteroatoms. The molecule has 0 radical (unpaired) electrons. The first-order chi connectivity index (χ1) is 11.3. The highest BCUT2D eigenvalue weighted by atomic mass is 32.1. The highest BCUT2D eigenvalue weighted by Crippen LogP contribution is 2.36. The van der Waals surface area contributed by atoms with E-state index in [1.807, 2.05) is 4.90 Å². The van der Waals surface area contributed by atoms with Crippen molar-refractivity contribution in [2.24, 2.45) is 5.92 Å². The van der Waals surface area contributed by atoms with Crippen LogP contribution in [0.1, 0.15) is 63.2 Å². The lowest BCUT2D eigenvalue weighted by Crippen LogP contribution is -2.42. The predicted molar refractivity (Wildman–Crippen MR) is 94.9 cm³/mol. The number of thiazole rings is 1. The van der Waals surface area contributed by atoms with Gasteiger partial charge in [0.2, 0.25) is 11.8 Å².